The van der Waals surface area contributed by atoms with Crippen molar-refractivity contribution in [2.45, 2.75) is 0 Å². The summed E-state index contributed by atoms with van der Waals surface area (Å²) < 4.78 is 12.2. The molecule has 3 nitrogen and oxygen atoms in total. The molecule has 0 fully saturated rings. The molecule has 6 aromatic carbocycles. The fourth-order valence-corrected chi connectivity index (χ4v) is 5.57. The molecule has 6 aromatic rings. The summed E-state index contributed by atoms with van der Waals surface area (Å²) in [6.07, 6.45) is 0. The molecule has 0 heterocycles. The van der Waals surface area contributed by atoms with Gasteiger partial charge >= 0.3 is 0 Å². The summed E-state index contributed by atoms with van der Waals surface area (Å²) in [6, 6.07) is 55.2. The number of ketones is 1. The predicted molar refractivity (Wildman–Crippen MR) is 177 cm³/mol. The third kappa shape index (κ3) is 5.47. The van der Waals surface area contributed by atoms with Crippen LogP contribution in [0.5, 0.6) is 23.0 Å². The molecule has 0 atom stereocenters. The fraction of sp³-hybridized carbons (Fsp3) is 0. The minimum absolute atomic E-state index is 0.00150. The summed E-state index contributed by atoms with van der Waals surface area (Å²) in [5.41, 5.74) is 6.77. The van der Waals surface area contributed by atoms with Gasteiger partial charge in [-0.15, -0.1) is 0 Å². The molecule has 3 heteroatoms. The highest BCUT2D eigenvalue weighted by Gasteiger charge is 2.35. The first-order valence-corrected chi connectivity index (χ1v) is 14.6. The van der Waals surface area contributed by atoms with Crippen molar-refractivity contribution in [3.05, 3.63) is 192 Å². The lowest BCUT2D eigenvalue weighted by Crippen LogP contribution is -2.01. The Kier molecular flexibility index (Phi) is 7.42. The number of allylic oxidation sites excluding steroid dienone is 4. The molecule has 0 bridgehead atoms. The second kappa shape index (κ2) is 12.1. The third-order valence-electron chi connectivity index (χ3n) is 7.57. The molecule has 210 valence electrons. The van der Waals surface area contributed by atoms with E-state index in [2.05, 4.69) is 0 Å². The van der Waals surface area contributed by atoms with Crippen LogP contribution in [0.25, 0.3) is 22.3 Å². The van der Waals surface area contributed by atoms with E-state index < -0.39 is 0 Å². The van der Waals surface area contributed by atoms with E-state index in [-0.39, 0.29) is 5.78 Å². The lowest BCUT2D eigenvalue weighted by molar-refractivity contribution is -0.108. The Bertz CT molecular complexity index is 1810. The molecular formula is C41H28O3. The highest BCUT2D eigenvalue weighted by molar-refractivity contribution is 6.59. The van der Waals surface area contributed by atoms with Crippen LogP contribution in [0, 0.1) is 0 Å². The Morgan fingerprint density at radius 1 is 0.273 bits per heavy atom. The fourth-order valence-electron chi connectivity index (χ4n) is 5.57. The van der Waals surface area contributed by atoms with Crippen LogP contribution in [0.4, 0.5) is 0 Å². The molecule has 1 aliphatic rings. The van der Waals surface area contributed by atoms with Crippen molar-refractivity contribution in [3.8, 4) is 23.0 Å². The lowest BCUT2D eigenvalue weighted by atomic mass is 9.89. The topological polar surface area (TPSA) is 35.5 Å². The first-order chi connectivity index (χ1) is 21.7. The monoisotopic (exact) mass is 568 g/mol. The van der Waals surface area contributed by atoms with Crippen molar-refractivity contribution in [2.24, 2.45) is 0 Å². The van der Waals surface area contributed by atoms with E-state index in [9.17, 15) is 4.79 Å². The molecular weight excluding hydrogens is 540 g/mol. The third-order valence-corrected chi connectivity index (χ3v) is 7.57. The molecule has 0 N–H and O–H groups in total. The van der Waals surface area contributed by atoms with Gasteiger partial charge in [0.1, 0.15) is 23.0 Å². The average molecular weight is 569 g/mol. The summed E-state index contributed by atoms with van der Waals surface area (Å²) in [6.45, 7) is 0. The molecule has 0 aromatic heterocycles. The Labute approximate surface area is 257 Å². The molecule has 0 spiro atoms. The van der Waals surface area contributed by atoms with E-state index in [0.29, 0.717) is 11.1 Å². The van der Waals surface area contributed by atoms with Crippen molar-refractivity contribution in [1.82, 2.24) is 0 Å². The van der Waals surface area contributed by atoms with Crippen molar-refractivity contribution in [2.75, 3.05) is 0 Å². The average Bonchev–Trinajstić information content (AvgIpc) is 3.39. The second-order valence-corrected chi connectivity index (χ2v) is 10.4. The van der Waals surface area contributed by atoms with Gasteiger partial charge in [0.05, 0.1) is 0 Å². The summed E-state index contributed by atoms with van der Waals surface area (Å²) in [5, 5.41) is 0. The molecule has 1 aliphatic carbocycles. The molecule has 0 radical (unpaired) electrons. The van der Waals surface area contributed by atoms with Crippen molar-refractivity contribution in [3.63, 3.8) is 0 Å². The number of carbonyl (C=O) groups is 1. The smallest absolute Gasteiger partial charge is 0.195 e. The van der Waals surface area contributed by atoms with E-state index in [1.54, 1.807) is 0 Å². The summed E-state index contributed by atoms with van der Waals surface area (Å²) >= 11 is 0. The minimum Gasteiger partial charge on any atom is -0.457 e. The molecule has 7 rings (SSSR count). The van der Waals surface area contributed by atoms with Crippen molar-refractivity contribution in [1.29, 1.82) is 0 Å². The number of Topliss-reactive ketones (excluding diaryl/α,β-unsaturated/α-hetero) is 1. The van der Waals surface area contributed by atoms with Crippen LogP contribution < -0.4 is 9.47 Å². The van der Waals surface area contributed by atoms with Crippen molar-refractivity contribution < 1.29 is 14.3 Å². The van der Waals surface area contributed by atoms with Gasteiger partial charge in [0.15, 0.2) is 5.78 Å². The maximum absolute atomic E-state index is 14.5. The molecule has 0 saturated carbocycles. The van der Waals surface area contributed by atoms with Crippen molar-refractivity contribution >= 4 is 28.1 Å². The second-order valence-electron chi connectivity index (χ2n) is 10.4. The summed E-state index contributed by atoms with van der Waals surface area (Å²) in [7, 11) is 0. The van der Waals surface area contributed by atoms with Gasteiger partial charge in [0.25, 0.3) is 0 Å². The Morgan fingerprint density at radius 3 is 0.886 bits per heavy atom. The SMILES string of the molecule is O=C1C(c2ccccc2)=C(c2ccc(Oc3ccccc3)cc2)C(c2ccc(Oc3ccccc3)cc2)=C1c1ccccc1. The van der Waals surface area contributed by atoms with Gasteiger partial charge in [0.2, 0.25) is 0 Å². The maximum atomic E-state index is 14.5. The largest absolute Gasteiger partial charge is 0.457 e. The number of ether oxygens (including phenoxy) is 2. The zero-order valence-electron chi connectivity index (χ0n) is 23.9. The van der Waals surface area contributed by atoms with Gasteiger partial charge < -0.3 is 9.47 Å². The summed E-state index contributed by atoms with van der Waals surface area (Å²) in [5.74, 6) is 2.99. The maximum Gasteiger partial charge on any atom is 0.195 e. The quantitative estimate of drug-likeness (QED) is 0.183. The number of para-hydroxylation sites is 2. The normalized spacial score (nSPS) is 12.9. The number of benzene rings is 6. The van der Waals surface area contributed by atoms with Crippen LogP contribution in [-0.4, -0.2) is 5.78 Å². The number of rotatable bonds is 8. The lowest BCUT2D eigenvalue weighted by Gasteiger charge is -2.15. The van der Waals surface area contributed by atoms with Gasteiger partial charge in [-0.2, -0.15) is 0 Å². The van der Waals surface area contributed by atoms with Crippen LogP contribution in [0.3, 0.4) is 0 Å². The number of carbonyl (C=O) groups excluding carboxylic acids is 1. The first-order valence-electron chi connectivity index (χ1n) is 14.6. The molecule has 0 aliphatic heterocycles. The Hall–Kier alpha value is -5.93. The van der Waals surface area contributed by atoms with Crippen LogP contribution in [0.15, 0.2) is 170 Å². The minimum atomic E-state index is 0.00150. The van der Waals surface area contributed by atoms with Crippen LogP contribution in [0.1, 0.15) is 22.3 Å². The zero-order valence-corrected chi connectivity index (χ0v) is 23.9. The molecule has 44 heavy (non-hydrogen) atoms. The van der Waals surface area contributed by atoms with Gasteiger partial charge in [-0.25, -0.2) is 0 Å². The standard InChI is InChI=1S/C41H28O3/c42-41-39(29-13-5-1-6-14-29)37(31-21-25-35(26-22-31)43-33-17-9-3-10-18-33)38(40(41)30-15-7-2-8-16-30)32-23-27-36(28-24-32)44-34-19-11-4-12-20-34/h1-28H. The first kappa shape index (κ1) is 26.9. The molecule has 0 unspecified atom stereocenters. The van der Waals surface area contributed by atoms with E-state index in [4.69, 9.17) is 9.47 Å². The summed E-state index contributed by atoms with van der Waals surface area (Å²) in [4.78, 5) is 14.5. The Morgan fingerprint density at radius 2 is 0.545 bits per heavy atom. The Balaban J connectivity index is 1.37. The van der Waals surface area contributed by atoms with Crippen LogP contribution in [-0.2, 0) is 4.79 Å². The number of hydrogen-bond acceptors (Lipinski definition) is 3. The molecule has 0 amide bonds. The van der Waals surface area contributed by atoms with E-state index >= 15 is 0 Å². The van der Waals surface area contributed by atoms with E-state index in [0.717, 1.165) is 56.4 Å². The van der Waals surface area contributed by atoms with Gasteiger partial charge in [0, 0.05) is 22.3 Å². The predicted octanol–water partition coefficient (Wildman–Crippen LogP) is 10.4. The highest BCUT2D eigenvalue weighted by Crippen LogP contribution is 2.50. The van der Waals surface area contributed by atoms with Crippen LogP contribution >= 0.6 is 0 Å². The molecule has 0 saturated heterocycles. The van der Waals surface area contributed by atoms with E-state index in [1.165, 1.54) is 0 Å². The number of hydrogen-bond donors (Lipinski definition) is 0. The van der Waals surface area contributed by atoms with Gasteiger partial charge in [-0.3, -0.25) is 4.79 Å². The van der Waals surface area contributed by atoms with Crippen LogP contribution in [0.2, 0.25) is 0 Å². The van der Waals surface area contributed by atoms with Gasteiger partial charge in [-0.1, -0.05) is 121 Å². The van der Waals surface area contributed by atoms with Gasteiger partial charge in [-0.05, 0) is 70.8 Å². The highest BCUT2D eigenvalue weighted by atomic mass is 16.5. The zero-order chi connectivity index (χ0) is 29.7. The van der Waals surface area contributed by atoms with E-state index in [1.807, 2.05) is 170 Å².